The fourth-order valence-electron chi connectivity index (χ4n) is 8.34. The molecular formula is C56H53N3. The van der Waals surface area contributed by atoms with E-state index >= 15 is 0 Å². The van der Waals surface area contributed by atoms with Gasteiger partial charge in [0.25, 0.3) is 0 Å². The maximum atomic E-state index is 5.79. The van der Waals surface area contributed by atoms with Gasteiger partial charge in [-0.25, -0.2) is 4.98 Å². The van der Waals surface area contributed by atoms with Crippen molar-refractivity contribution in [3.05, 3.63) is 175 Å². The second-order valence-electron chi connectivity index (χ2n) is 19.2. The van der Waals surface area contributed by atoms with Gasteiger partial charge in [-0.1, -0.05) is 165 Å². The van der Waals surface area contributed by atoms with Crippen LogP contribution >= 0.6 is 0 Å². The summed E-state index contributed by atoms with van der Waals surface area (Å²) in [6.07, 6.45) is 1.92. The molecule has 2 aromatic heterocycles. The number of fused-ring (bicyclic) bond motifs is 5. The van der Waals surface area contributed by atoms with Crippen LogP contribution in [0.2, 0.25) is 0 Å². The summed E-state index contributed by atoms with van der Waals surface area (Å²) in [5.74, 6) is 0.940. The van der Waals surface area contributed by atoms with Gasteiger partial charge in [-0.05, 0) is 114 Å². The van der Waals surface area contributed by atoms with E-state index in [4.69, 9.17) is 9.97 Å². The topological polar surface area (TPSA) is 30.7 Å². The lowest BCUT2D eigenvalue weighted by Gasteiger charge is -2.26. The van der Waals surface area contributed by atoms with Crippen LogP contribution in [0.15, 0.2) is 158 Å². The number of pyridine rings is 1. The van der Waals surface area contributed by atoms with Gasteiger partial charge in [-0.2, -0.15) is 0 Å². The summed E-state index contributed by atoms with van der Waals surface area (Å²) in [5, 5.41) is 4.65. The summed E-state index contributed by atoms with van der Waals surface area (Å²) in [4.78, 5) is 10.7. The monoisotopic (exact) mass is 767 g/mol. The van der Waals surface area contributed by atoms with Crippen LogP contribution in [-0.4, -0.2) is 14.5 Å². The Bertz CT molecular complexity index is 2990. The molecule has 0 fully saturated rings. The van der Waals surface area contributed by atoms with Crippen LogP contribution in [0.3, 0.4) is 0 Å². The fraction of sp³-hybridized carbons (Fsp3) is 0.214. The highest BCUT2D eigenvalue weighted by molar-refractivity contribution is 6.19. The van der Waals surface area contributed by atoms with Gasteiger partial charge in [0.15, 0.2) is 0 Å². The maximum absolute atomic E-state index is 5.79. The Morgan fingerprint density at radius 3 is 1.71 bits per heavy atom. The molecular weight excluding hydrogens is 715 g/mol. The van der Waals surface area contributed by atoms with Crippen LogP contribution in [0, 0.1) is 0 Å². The summed E-state index contributed by atoms with van der Waals surface area (Å²) < 4.78 is 2.44. The molecule has 0 aliphatic rings. The minimum absolute atomic E-state index is 0.0210. The Morgan fingerprint density at radius 1 is 0.441 bits per heavy atom. The molecule has 2 heterocycles. The van der Waals surface area contributed by atoms with Crippen molar-refractivity contribution in [2.24, 2.45) is 0 Å². The molecule has 0 bridgehead atoms. The van der Waals surface area contributed by atoms with Crippen molar-refractivity contribution in [3.63, 3.8) is 0 Å². The largest absolute Gasteiger partial charge is 0.292 e. The molecule has 0 atom stereocenters. The zero-order valence-electron chi connectivity index (χ0n) is 35.9. The molecule has 0 amide bonds. The Hall–Kier alpha value is -6.32. The van der Waals surface area contributed by atoms with E-state index in [1.807, 2.05) is 6.20 Å². The van der Waals surface area contributed by atoms with Crippen molar-refractivity contribution in [3.8, 4) is 50.6 Å². The molecule has 59 heavy (non-hydrogen) atoms. The molecule has 0 N–H and O–H groups in total. The standard InChI is InChI=1S/C56H53N3/c1-54(2,3)43-25-27-49(46(35-43)37-18-14-11-15-19-37)59-50-26-24-39-22-20-38-21-23-41(48-33-40(28-29-57-48)36-16-12-10-13-17-36)32-47(38)51(39)52(50)58-53(59)42-30-44(55(4,5)6)34-45(31-42)56(7,8)9/h10-35H,1-9H3. The van der Waals surface area contributed by atoms with Crippen LogP contribution in [0.4, 0.5) is 0 Å². The molecule has 0 aliphatic carbocycles. The number of nitrogens with zero attached hydrogens (tertiary/aromatic N) is 3. The van der Waals surface area contributed by atoms with Gasteiger partial charge in [-0.15, -0.1) is 0 Å². The summed E-state index contributed by atoms with van der Waals surface area (Å²) in [5.41, 5.74) is 14.8. The van der Waals surface area contributed by atoms with Crippen LogP contribution in [0.1, 0.15) is 79.0 Å². The van der Waals surface area contributed by atoms with Gasteiger partial charge in [-0.3, -0.25) is 9.55 Å². The minimum Gasteiger partial charge on any atom is -0.292 e. The quantitative estimate of drug-likeness (QED) is 0.163. The second kappa shape index (κ2) is 14.2. The summed E-state index contributed by atoms with van der Waals surface area (Å²) >= 11 is 0. The third-order valence-corrected chi connectivity index (χ3v) is 11.9. The van der Waals surface area contributed by atoms with Crippen LogP contribution in [-0.2, 0) is 16.2 Å². The predicted octanol–water partition coefficient (Wildman–Crippen LogP) is 15.3. The average Bonchev–Trinajstić information content (AvgIpc) is 3.62. The molecule has 0 radical (unpaired) electrons. The smallest absolute Gasteiger partial charge is 0.145 e. The summed E-state index contributed by atoms with van der Waals surface area (Å²) in [6, 6.07) is 55.6. The van der Waals surface area contributed by atoms with Crippen LogP contribution in [0.5, 0.6) is 0 Å². The van der Waals surface area contributed by atoms with E-state index in [0.29, 0.717) is 0 Å². The van der Waals surface area contributed by atoms with Crippen molar-refractivity contribution >= 4 is 32.6 Å². The number of hydrogen-bond acceptors (Lipinski definition) is 2. The Morgan fingerprint density at radius 2 is 1.05 bits per heavy atom. The van der Waals surface area contributed by atoms with Crippen molar-refractivity contribution in [2.45, 2.75) is 78.6 Å². The predicted molar refractivity (Wildman–Crippen MR) is 252 cm³/mol. The van der Waals surface area contributed by atoms with Gasteiger partial charge < -0.3 is 0 Å². The van der Waals surface area contributed by atoms with E-state index < -0.39 is 0 Å². The second-order valence-corrected chi connectivity index (χ2v) is 19.2. The molecule has 0 saturated heterocycles. The molecule has 7 aromatic carbocycles. The van der Waals surface area contributed by atoms with Crippen molar-refractivity contribution in [1.82, 2.24) is 14.5 Å². The number of hydrogen-bond donors (Lipinski definition) is 0. The highest BCUT2D eigenvalue weighted by atomic mass is 15.1. The molecule has 0 aliphatic heterocycles. The Labute approximate surface area is 349 Å². The molecule has 0 saturated carbocycles. The van der Waals surface area contributed by atoms with Crippen LogP contribution in [0.25, 0.3) is 83.2 Å². The van der Waals surface area contributed by atoms with Gasteiger partial charge >= 0.3 is 0 Å². The highest BCUT2D eigenvalue weighted by Crippen LogP contribution is 2.42. The molecule has 0 spiro atoms. The number of imidazole rings is 1. The lowest BCUT2D eigenvalue weighted by molar-refractivity contribution is 0.569. The fourth-order valence-corrected chi connectivity index (χ4v) is 8.34. The molecule has 3 nitrogen and oxygen atoms in total. The Balaban J connectivity index is 1.38. The first-order valence-corrected chi connectivity index (χ1v) is 20.9. The molecule has 9 rings (SSSR count). The Kier molecular flexibility index (Phi) is 9.20. The lowest BCUT2D eigenvalue weighted by atomic mass is 9.79. The van der Waals surface area contributed by atoms with Gasteiger partial charge in [0.05, 0.1) is 22.4 Å². The first kappa shape index (κ1) is 38.2. The van der Waals surface area contributed by atoms with E-state index in [1.54, 1.807) is 0 Å². The van der Waals surface area contributed by atoms with Crippen molar-refractivity contribution < 1.29 is 0 Å². The number of aromatic nitrogens is 3. The molecule has 3 heteroatoms. The first-order chi connectivity index (χ1) is 28.1. The maximum Gasteiger partial charge on any atom is 0.145 e. The van der Waals surface area contributed by atoms with E-state index in [2.05, 4.69) is 219 Å². The number of rotatable bonds is 5. The zero-order chi connectivity index (χ0) is 41.3. The van der Waals surface area contributed by atoms with Crippen molar-refractivity contribution in [2.75, 3.05) is 0 Å². The van der Waals surface area contributed by atoms with E-state index in [0.717, 1.165) is 55.7 Å². The third-order valence-electron chi connectivity index (χ3n) is 11.9. The lowest BCUT2D eigenvalue weighted by Crippen LogP contribution is -2.17. The summed E-state index contributed by atoms with van der Waals surface area (Å²) in [7, 11) is 0. The average molecular weight is 768 g/mol. The highest BCUT2D eigenvalue weighted by Gasteiger charge is 2.26. The van der Waals surface area contributed by atoms with E-state index in [-0.39, 0.29) is 16.2 Å². The van der Waals surface area contributed by atoms with Gasteiger partial charge in [0, 0.05) is 28.3 Å². The molecule has 0 unspecified atom stereocenters. The third kappa shape index (κ3) is 7.14. The van der Waals surface area contributed by atoms with E-state index in [9.17, 15) is 0 Å². The van der Waals surface area contributed by atoms with Crippen LogP contribution < -0.4 is 0 Å². The van der Waals surface area contributed by atoms with Gasteiger partial charge in [0.1, 0.15) is 5.82 Å². The van der Waals surface area contributed by atoms with Crippen molar-refractivity contribution in [1.29, 1.82) is 0 Å². The van der Waals surface area contributed by atoms with E-state index in [1.165, 1.54) is 44.2 Å². The number of benzene rings is 7. The molecule has 9 aromatic rings. The normalized spacial score (nSPS) is 12.5. The van der Waals surface area contributed by atoms with Gasteiger partial charge in [0.2, 0.25) is 0 Å². The molecule has 292 valence electrons. The SMILES string of the molecule is CC(C)(C)c1cc(-c2nc3c4c(ccc5ccc(-c6cc(-c7ccccc7)ccn6)cc54)ccc3n2-c2ccc(C(C)(C)C)cc2-c2ccccc2)cc(C(C)(C)C)c1. The first-order valence-electron chi connectivity index (χ1n) is 20.9. The minimum atomic E-state index is -0.0540. The zero-order valence-corrected chi connectivity index (χ0v) is 35.9. The summed E-state index contributed by atoms with van der Waals surface area (Å²) in [6.45, 7) is 20.7.